The maximum atomic E-state index is 8.80. The van der Waals surface area contributed by atoms with Gasteiger partial charge in [-0.1, -0.05) is 0 Å². The van der Waals surface area contributed by atoms with E-state index in [1.165, 1.54) is 0 Å². The van der Waals surface area contributed by atoms with E-state index in [9.17, 15) is 0 Å². The topological polar surface area (TPSA) is 105 Å². The van der Waals surface area contributed by atoms with Crippen molar-refractivity contribution in [2.75, 3.05) is 32.8 Å². The molecule has 18 heavy (non-hydrogen) atoms. The molecule has 0 amide bonds. The summed E-state index contributed by atoms with van der Waals surface area (Å²) in [5, 5.41) is 41.4. The Morgan fingerprint density at radius 3 is 2.17 bits per heavy atom. The van der Waals surface area contributed by atoms with Gasteiger partial charge in [0.2, 0.25) is 0 Å². The summed E-state index contributed by atoms with van der Waals surface area (Å²) in [4.78, 5) is 0. The van der Waals surface area contributed by atoms with Gasteiger partial charge in [-0.2, -0.15) is 0 Å². The van der Waals surface area contributed by atoms with Gasteiger partial charge in [0, 0.05) is 25.8 Å². The lowest BCUT2D eigenvalue weighted by Gasteiger charge is -2.19. The SMILES string of the molecule is OCCCCNCCC(CCCO)NCC(O)O. The van der Waals surface area contributed by atoms with Crippen LogP contribution in [0.3, 0.4) is 0 Å². The Kier molecular flexibility index (Phi) is 13.0. The fraction of sp³-hybridized carbons (Fsp3) is 1.00. The molecule has 0 aliphatic rings. The third-order valence-electron chi connectivity index (χ3n) is 2.73. The van der Waals surface area contributed by atoms with Crippen LogP contribution in [0, 0.1) is 0 Å². The predicted molar refractivity (Wildman–Crippen MR) is 70.1 cm³/mol. The van der Waals surface area contributed by atoms with Gasteiger partial charge in [-0.3, -0.25) is 0 Å². The highest BCUT2D eigenvalue weighted by Gasteiger charge is 2.08. The van der Waals surface area contributed by atoms with E-state index in [0.717, 1.165) is 38.8 Å². The van der Waals surface area contributed by atoms with Crippen LogP contribution in [0.1, 0.15) is 32.1 Å². The molecule has 1 unspecified atom stereocenters. The van der Waals surface area contributed by atoms with Crippen molar-refractivity contribution in [3.63, 3.8) is 0 Å². The van der Waals surface area contributed by atoms with Crippen molar-refractivity contribution in [3.8, 4) is 0 Å². The van der Waals surface area contributed by atoms with Crippen LogP contribution in [-0.2, 0) is 0 Å². The summed E-state index contributed by atoms with van der Waals surface area (Å²) >= 11 is 0. The minimum absolute atomic E-state index is 0.153. The molecule has 0 aromatic rings. The van der Waals surface area contributed by atoms with E-state index >= 15 is 0 Å². The van der Waals surface area contributed by atoms with Crippen LogP contribution >= 0.6 is 0 Å². The summed E-state index contributed by atoms with van der Waals surface area (Å²) in [6.45, 7) is 2.27. The molecule has 110 valence electrons. The molecular weight excluding hydrogens is 236 g/mol. The average molecular weight is 264 g/mol. The number of nitrogens with one attached hydrogen (secondary N) is 2. The van der Waals surface area contributed by atoms with Gasteiger partial charge in [0.05, 0.1) is 0 Å². The van der Waals surface area contributed by atoms with Crippen molar-refractivity contribution in [3.05, 3.63) is 0 Å². The van der Waals surface area contributed by atoms with E-state index in [-0.39, 0.29) is 25.8 Å². The quantitative estimate of drug-likeness (QED) is 0.184. The molecule has 6 nitrogen and oxygen atoms in total. The molecule has 0 aliphatic carbocycles. The molecule has 0 spiro atoms. The lowest BCUT2D eigenvalue weighted by Crippen LogP contribution is -2.37. The maximum Gasteiger partial charge on any atom is 0.164 e. The summed E-state index contributed by atoms with van der Waals surface area (Å²) in [7, 11) is 0. The Morgan fingerprint density at radius 2 is 1.56 bits per heavy atom. The van der Waals surface area contributed by atoms with Gasteiger partial charge >= 0.3 is 0 Å². The lowest BCUT2D eigenvalue weighted by atomic mass is 10.1. The fourth-order valence-corrected chi connectivity index (χ4v) is 1.72. The molecule has 1 atom stereocenters. The Hall–Kier alpha value is -0.240. The van der Waals surface area contributed by atoms with Crippen LogP contribution in [0.2, 0.25) is 0 Å². The van der Waals surface area contributed by atoms with Crippen LogP contribution in [0.4, 0.5) is 0 Å². The van der Waals surface area contributed by atoms with Crippen LogP contribution in [0.25, 0.3) is 0 Å². The van der Waals surface area contributed by atoms with Gasteiger partial charge in [-0.25, -0.2) is 0 Å². The van der Waals surface area contributed by atoms with E-state index in [4.69, 9.17) is 20.4 Å². The van der Waals surface area contributed by atoms with Crippen LogP contribution in [0.15, 0.2) is 0 Å². The standard InChI is InChI=1S/C12H28N2O4/c15-8-2-1-6-13-7-5-11(4-3-9-16)14-10-12(17)18/h11-18H,1-10H2. The molecule has 0 aromatic carbocycles. The van der Waals surface area contributed by atoms with Gasteiger partial charge < -0.3 is 31.1 Å². The maximum absolute atomic E-state index is 8.80. The highest BCUT2D eigenvalue weighted by Crippen LogP contribution is 2.01. The molecule has 0 bridgehead atoms. The summed E-state index contributed by atoms with van der Waals surface area (Å²) in [5.74, 6) is 0. The zero-order valence-corrected chi connectivity index (χ0v) is 11.0. The lowest BCUT2D eigenvalue weighted by molar-refractivity contribution is -0.0392. The van der Waals surface area contributed by atoms with E-state index in [2.05, 4.69) is 10.6 Å². The number of hydrogen-bond acceptors (Lipinski definition) is 6. The number of aliphatic hydroxyl groups is 4. The first-order chi connectivity index (χ1) is 8.70. The van der Waals surface area contributed by atoms with E-state index in [1.54, 1.807) is 0 Å². The van der Waals surface area contributed by atoms with E-state index < -0.39 is 6.29 Å². The molecule has 6 heteroatoms. The molecule has 0 saturated carbocycles. The van der Waals surface area contributed by atoms with Gasteiger partial charge in [0.25, 0.3) is 0 Å². The second-order valence-electron chi connectivity index (χ2n) is 4.42. The fourth-order valence-electron chi connectivity index (χ4n) is 1.72. The normalized spacial score (nSPS) is 13.2. The van der Waals surface area contributed by atoms with Gasteiger partial charge in [-0.05, 0) is 45.2 Å². The summed E-state index contributed by atoms with van der Waals surface area (Å²) in [6.07, 6.45) is 2.85. The third kappa shape index (κ3) is 12.2. The number of hydrogen-bond donors (Lipinski definition) is 6. The molecule has 0 fully saturated rings. The molecule has 0 aliphatic heterocycles. The third-order valence-corrected chi connectivity index (χ3v) is 2.73. The van der Waals surface area contributed by atoms with Crippen molar-refractivity contribution in [2.24, 2.45) is 0 Å². The first kappa shape index (κ1) is 17.8. The van der Waals surface area contributed by atoms with Crippen LogP contribution in [0.5, 0.6) is 0 Å². The van der Waals surface area contributed by atoms with Crippen molar-refractivity contribution < 1.29 is 20.4 Å². The Balaban J connectivity index is 3.58. The van der Waals surface area contributed by atoms with Gasteiger partial charge in [0.15, 0.2) is 6.29 Å². The second-order valence-corrected chi connectivity index (χ2v) is 4.42. The number of rotatable bonds is 13. The highest BCUT2D eigenvalue weighted by atomic mass is 16.5. The van der Waals surface area contributed by atoms with E-state index in [1.807, 2.05) is 0 Å². The van der Waals surface area contributed by atoms with Crippen molar-refractivity contribution in [1.29, 1.82) is 0 Å². The second kappa shape index (κ2) is 13.2. The zero-order chi connectivity index (χ0) is 13.6. The van der Waals surface area contributed by atoms with Crippen molar-refractivity contribution >= 4 is 0 Å². The minimum Gasteiger partial charge on any atom is -0.396 e. The largest absolute Gasteiger partial charge is 0.396 e. The summed E-state index contributed by atoms with van der Waals surface area (Å²) in [5.41, 5.74) is 0. The average Bonchev–Trinajstić information content (AvgIpc) is 2.35. The molecule has 0 heterocycles. The zero-order valence-electron chi connectivity index (χ0n) is 11.0. The first-order valence-electron chi connectivity index (χ1n) is 6.72. The van der Waals surface area contributed by atoms with Crippen LogP contribution in [-0.4, -0.2) is 65.6 Å². The molecule has 0 saturated heterocycles. The Labute approximate surface area is 109 Å². The van der Waals surface area contributed by atoms with Crippen LogP contribution < -0.4 is 10.6 Å². The smallest absolute Gasteiger partial charge is 0.164 e. The number of unbranched alkanes of at least 4 members (excludes halogenated alkanes) is 1. The van der Waals surface area contributed by atoms with Gasteiger partial charge in [-0.15, -0.1) is 0 Å². The van der Waals surface area contributed by atoms with Gasteiger partial charge in [0.1, 0.15) is 0 Å². The molecule has 0 radical (unpaired) electrons. The first-order valence-corrected chi connectivity index (χ1v) is 6.72. The minimum atomic E-state index is -1.33. The highest BCUT2D eigenvalue weighted by molar-refractivity contribution is 4.68. The van der Waals surface area contributed by atoms with Crippen molar-refractivity contribution in [2.45, 2.75) is 44.4 Å². The molecule has 0 rings (SSSR count). The molecular formula is C12H28N2O4. The summed E-state index contributed by atoms with van der Waals surface area (Å²) < 4.78 is 0. The Bertz CT molecular complexity index is 170. The monoisotopic (exact) mass is 264 g/mol. The van der Waals surface area contributed by atoms with E-state index in [0.29, 0.717) is 6.42 Å². The Morgan fingerprint density at radius 1 is 0.833 bits per heavy atom. The van der Waals surface area contributed by atoms with Crippen molar-refractivity contribution in [1.82, 2.24) is 10.6 Å². The molecule has 0 aromatic heterocycles. The summed E-state index contributed by atoms with van der Waals surface area (Å²) in [6, 6.07) is 0.185. The predicted octanol–water partition coefficient (Wildman–Crippen LogP) is -1.22. The molecule has 6 N–H and O–H groups in total. The number of aliphatic hydroxyl groups excluding tert-OH is 3.